The van der Waals surface area contributed by atoms with E-state index in [4.69, 9.17) is 0 Å². The van der Waals surface area contributed by atoms with Crippen molar-refractivity contribution in [3.8, 4) is 0 Å². The summed E-state index contributed by atoms with van der Waals surface area (Å²) < 4.78 is 13.5. The van der Waals surface area contributed by atoms with Crippen molar-refractivity contribution in [3.63, 3.8) is 0 Å². The Balaban J connectivity index is 1.95. The van der Waals surface area contributed by atoms with Crippen LogP contribution in [-0.4, -0.2) is 18.0 Å². The van der Waals surface area contributed by atoms with E-state index in [1.807, 2.05) is 12.1 Å². The van der Waals surface area contributed by atoms with Gasteiger partial charge in [-0.15, -0.1) is 0 Å². The van der Waals surface area contributed by atoms with Gasteiger partial charge in [-0.3, -0.25) is 4.90 Å². The van der Waals surface area contributed by atoms with Gasteiger partial charge in [0, 0.05) is 18.7 Å². The first kappa shape index (κ1) is 11.6. The van der Waals surface area contributed by atoms with Crippen molar-refractivity contribution < 1.29 is 4.39 Å². The molecule has 88 valence electrons. The lowest BCUT2D eigenvalue weighted by Crippen LogP contribution is -2.26. The highest BCUT2D eigenvalue weighted by Gasteiger charge is 2.24. The maximum Gasteiger partial charge on any atom is 0.127 e. The van der Waals surface area contributed by atoms with Gasteiger partial charge in [0.15, 0.2) is 0 Å². The zero-order valence-electron chi connectivity index (χ0n) is 9.95. The van der Waals surface area contributed by atoms with Crippen molar-refractivity contribution in [3.05, 3.63) is 35.6 Å². The standard InChI is InChI=1S/C14H20FN/c1-2-9-16(10-12-7-8-12)11-13-5-3-4-6-14(13)15/h3-6,12H,2,7-11H2,1H3. The predicted molar refractivity (Wildman–Crippen MR) is 64.7 cm³/mol. The summed E-state index contributed by atoms with van der Waals surface area (Å²) >= 11 is 0. The van der Waals surface area contributed by atoms with Crippen LogP contribution < -0.4 is 0 Å². The molecule has 0 N–H and O–H groups in total. The van der Waals surface area contributed by atoms with Crippen LogP contribution in [0.25, 0.3) is 0 Å². The molecule has 2 heteroatoms. The minimum Gasteiger partial charge on any atom is -0.299 e. The van der Waals surface area contributed by atoms with Gasteiger partial charge < -0.3 is 0 Å². The Morgan fingerprint density at radius 1 is 1.31 bits per heavy atom. The molecule has 1 nitrogen and oxygen atoms in total. The van der Waals surface area contributed by atoms with Crippen LogP contribution in [0.5, 0.6) is 0 Å². The van der Waals surface area contributed by atoms with Crippen LogP contribution in [0, 0.1) is 11.7 Å². The second kappa shape index (κ2) is 5.44. The third-order valence-corrected chi connectivity index (χ3v) is 3.10. The van der Waals surface area contributed by atoms with Gasteiger partial charge in [-0.25, -0.2) is 4.39 Å². The molecule has 0 unspecified atom stereocenters. The Hall–Kier alpha value is -0.890. The number of nitrogens with zero attached hydrogens (tertiary/aromatic N) is 1. The van der Waals surface area contributed by atoms with Gasteiger partial charge in [-0.05, 0) is 37.8 Å². The molecule has 1 fully saturated rings. The first-order chi connectivity index (χ1) is 7.79. The van der Waals surface area contributed by atoms with Crippen molar-refractivity contribution in [2.24, 2.45) is 5.92 Å². The summed E-state index contributed by atoms with van der Waals surface area (Å²) in [7, 11) is 0. The van der Waals surface area contributed by atoms with Crippen LogP contribution in [0.15, 0.2) is 24.3 Å². The molecule has 1 saturated carbocycles. The van der Waals surface area contributed by atoms with Gasteiger partial charge in [0.25, 0.3) is 0 Å². The molecule has 0 bridgehead atoms. The molecule has 0 radical (unpaired) electrons. The van der Waals surface area contributed by atoms with Crippen molar-refractivity contribution in [2.45, 2.75) is 32.7 Å². The SMILES string of the molecule is CCCN(Cc1ccccc1F)CC1CC1. The number of hydrogen-bond donors (Lipinski definition) is 0. The molecular formula is C14H20FN. The topological polar surface area (TPSA) is 3.24 Å². The summed E-state index contributed by atoms with van der Waals surface area (Å²) in [6.07, 6.45) is 3.86. The number of rotatable bonds is 6. The highest BCUT2D eigenvalue weighted by molar-refractivity contribution is 5.17. The molecule has 0 atom stereocenters. The molecular weight excluding hydrogens is 201 g/mol. The second-order valence-electron chi connectivity index (χ2n) is 4.77. The summed E-state index contributed by atoms with van der Waals surface area (Å²) in [5.41, 5.74) is 0.830. The lowest BCUT2D eigenvalue weighted by Gasteiger charge is -2.21. The van der Waals surface area contributed by atoms with Crippen molar-refractivity contribution in [2.75, 3.05) is 13.1 Å². The van der Waals surface area contributed by atoms with E-state index in [9.17, 15) is 4.39 Å². The van der Waals surface area contributed by atoms with E-state index < -0.39 is 0 Å². The summed E-state index contributed by atoms with van der Waals surface area (Å²) in [6.45, 7) is 5.16. The maximum atomic E-state index is 13.5. The molecule has 1 aromatic carbocycles. The highest BCUT2D eigenvalue weighted by atomic mass is 19.1. The molecule has 0 heterocycles. The monoisotopic (exact) mass is 221 g/mol. The summed E-state index contributed by atoms with van der Waals surface area (Å²) in [6, 6.07) is 7.12. The van der Waals surface area contributed by atoms with Gasteiger partial charge in [0.2, 0.25) is 0 Å². The fraction of sp³-hybridized carbons (Fsp3) is 0.571. The quantitative estimate of drug-likeness (QED) is 0.711. The lowest BCUT2D eigenvalue weighted by atomic mass is 10.2. The Kier molecular flexibility index (Phi) is 3.94. The van der Waals surface area contributed by atoms with Crippen LogP contribution >= 0.6 is 0 Å². The zero-order valence-corrected chi connectivity index (χ0v) is 9.95. The predicted octanol–water partition coefficient (Wildman–Crippen LogP) is 3.45. The molecule has 0 saturated heterocycles. The molecule has 1 aliphatic rings. The Morgan fingerprint density at radius 3 is 2.69 bits per heavy atom. The third kappa shape index (κ3) is 3.31. The molecule has 1 aromatic rings. The normalized spacial score (nSPS) is 15.7. The Bertz CT molecular complexity index is 333. The lowest BCUT2D eigenvalue weighted by molar-refractivity contribution is 0.251. The first-order valence-corrected chi connectivity index (χ1v) is 6.25. The zero-order chi connectivity index (χ0) is 11.4. The average molecular weight is 221 g/mol. The van der Waals surface area contributed by atoms with E-state index in [0.29, 0.717) is 0 Å². The van der Waals surface area contributed by atoms with Gasteiger partial charge in [-0.2, -0.15) is 0 Å². The Morgan fingerprint density at radius 2 is 2.06 bits per heavy atom. The van der Waals surface area contributed by atoms with Crippen LogP contribution in [0.1, 0.15) is 31.7 Å². The van der Waals surface area contributed by atoms with Crippen molar-refractivity contribution >= 4 is 0 Å². The van der Waals surface area contributed by atoms with E-state index in [-0.39, 0.29) is 5.82 Å². The van der Waals surface area contributed by atoms with E-state index in [0.717, 1.165) is 37.5 Å². The number of halogens is 1. The van der Waals surface area contributed by atoms with Gasteiger partial charge in [0.1, 0.15) is 5.82 Å². The van der Waals surface area contributed by atoms with Crippen LogP contribution in [0.3, 0.4) is 0 Å². The average Bonchev–Trinajstić information content (AvgIpc) is 3.06. The van der Waals surface area contributed by atoms with E-state index in [2.05, 4.69) is 11.8 Å². The first-order valence-electron chi connectivity index (χ1n) is 6.25. The van der Waals surface area contributed by atoms with Crippen molar-refractivity contribution in [1.29, 1.82) is 0 Å². The minimum atomic E-state index is -0.0700. The Labute approximate surface area is 97.3 Å². The second-order valence-corrected chi connectivity index (χ2v) is 4.77. The number of hydrogen-bond acceptors (Lipinski definition) is 1. The summed E-state index contributed by atoms with van der Waals surface area (Å²) in [4.78, 5) is 2.38. The van der Waals surface area contributed by atoms with E-state index >= 15 is 0 Å². The fourth-order valence-corrected chi connectivity index (χ4v) is 2.08. The van der Waals surface area contributed by atoms with Gasteiger partial charge in [-0.1, -0.05) is 25.1 Å². The fourth-order valence-electron chi connectivity index (χ4n) is 2.08. The van der Waals surface area contributed by atoms with Gasteiger partial charge in [0.05, 0.1) is 0 Å². The van der Waals surface area contributed by atoms with Crippen LogP contribution in [0.4, 0.5) is 4.39 Å². The maximum absolute atomic E-state index is 13.5. The molecule has 0 aromatic heterocycles. The van der Waals surface area contributed by atoms with Gasteiger partial charge >= 0.3 is 0 Å². The summed E-state index contributed by atoms with van der Waals surface area (Å²) in [5.74, 6) is 0.803. The van der Waals surface area contributed by atoms with Crippen LogP contribution in [-0.2, 0) is 6.54 Å². The molecule has 0 amide bonds. The molecule has 1 aliphatic carbocycles. The molecule has 0 aliphatic heterocycles. The van der Waals surface area contributed by atoms with Crippen molar-refractivity contribution in [1.82, 2.24) is 4.90 Å². The molecule has 0 spiro atoms. The smallest absolute Gasteiger partial charge is 0.127 e. The third-order valence-electron chi connectivity index (χ3n) is 3.10. The van der Waals surface area contributed by atoms with Crippen LogP contribution in [0.2, 0.25) is 0 Å². The van der Waals surface area contributed by atoms with E-state index in [1.165, 1.54) is 12.8 Å². The van der Waals surface area contributed by atoms with E-state index in [1.54, 1.807) is 12.1 Å². The molecule has 16 heavy (non-hydrogen) atoms. The highest BCUT2D eigenvalue weighted by Crippen LogP contribution is 2.30. The molecule has 2 rings (SSSR count). The summed E-state index contributed by atoms with van der Waals surface area (Å²) in [5, 5.41) is 0. The number of benzene rings is 1. The largest absolute Gasteiger partial charge is 0.299 e. The minimum absolute atomic E-state index is 0.0700.